The van der Waals surface area contributed by atoms with Gasteiger partial charge in [0.2, 0.25) is 0 Å². The Morgan fingerprint density at radius 2 is 2.11 bits per heavy atom. The van der Waals surface area contributed by atoms with Gasteiger partial charge in [-0.05, 0) is 6.92 Å². The monoisotopic (exact) mass is 271 g/mol. The van der Waals surface area contributed by atoms with Gasteiger partial charge < -0.3 is 15.0 Å². The topological polar surface area (TPSA) is 69.2 Å². The van der Waals surface area contributed by atoms with Crippen LogP contribution in [-0.2, 0) is 17.8 Å². The lowest BCUT2D eigenvalue weighted by Crippen LogP contribution is -2.37. The number of thioether (sulfide) groups is 1. The fourth-order valence-corrected chi connectivity index (χ4v) is 3.01. The molecule has 2 N–H and O–H groups in total. The molecule has 0 spiro atoms. The van der Waals surface area contributed by atoms with Crippen molar-refractivity contribution < 1.29 is 4.74 Å². The highest BCUT2D eigenvalue weighted by Gasteiger charge is 2.12. The van der Waals surface area contributed by atoms with Crippen LogP contribution in [0, 0.1) is 0 Å². The summed E-state index contributed by atoms with van der Waals surface area (Å²) >= 11 is 1.75. The summed E-state index contributed by atoms with van der Waals surface area (Å²) in [5.41, 5.74) is 5.63. The first kappa shape index (κ1) is 13.8. The lowest BCUT2D eigenvalue weighted by Gasteiger charge is -2.26. The summed E-state index contributed by atoms with van der Waals surface area (Å²) < 4.78 is 7.42. The number of hydrogen-bond acceptors (Lipinski definition) is 6. The molecular weight excluding hydrogens is 250 g/mol. The van der Waals surface area contributed by atoms with E-state index in [-0.39, 0.29) is 0 Å². The van der Waals surface area contributed by atoms with Crippen LogP contribution in [0.3, 0.4) is 0 Å². The van der Waals surface area contributed by atoms with Crippen LogP contribution < -0.4 is 5.73 Å². The van der Waals surface area contributed by atoms with Crippen molar-refractivity contribution in [3.05, 3.63) is 5.82 Å². The van der Waals surface area contributed by atoms with Gasteiger partial charge in [-0.15, -0.1) is 10.2 Å². The molecule has 18 heavy (non-hydrogen) atoms. The van der Waals surface area contributed by atoms with Gasteiger partial charge in [0, 0.05) is 31.9 Å². The Labute approximate surface area is 112 Å². The molecule has 2 rings (SSSR count). The largest absolute Gasteiger partial charge is 0.379 e. The van der Waals surface area contributed by atoms with E-state index < -0.39 is 0 Å². The van der Waals surface area contributed by atoms with E-state index in [0.29, 0.717) is 6.54 Å². The highest BCUT2D eigenvalue weighted by molar-refractivity contribution is 7.99. The first-order chi connectivity index (χ1) is 8.85. The molecule has 1 aliphatic heterocycles. The zero-order valence-electron chi connectivity index (χ0n) is 10.8. The van der Waals surface area contributed by atoms with Gasteiger partial charge in [-0.2, -0.15) is 0 Å². The van der Waals surface area contributed by atoms with Crippen LogP contribution in [0.4, 0.5) is 0 Å². The normalized spacial score (nSPS) is 17.2. The zero-order valence-corrected chi connectivity index (χ0v) is 11.7. The maximum Gasteiger partial charge on any atom is 0.191 e. The Bertz CT molecular complexity index is 364. The van der Waals surface area contributed by atoms with E-state index in [1.54, 1.807) is 11.8 Å². The molecular formula is C11H21N5OS. The minimum absolute atomic E-state index is 0.449. The lowest BCUT2D eigenvalue weighted by atomic mass is 10.4. The molecule has 0 atom stereocenters. The molecule has 0 radical (unpaired) electrons. The Morgan fingerprint density at radius 3 is 2.78 bits per heavy atom. The van der Waals surface area contributed by atoms with Gasteiger partial charge in [-0.1, -0.05) is 11.8 Å². The average molecular weight is 271 g/mol. The molecule has 0 bridgehead atoms. The predicted octanol–water partition coefficient (Wildman–Crippen LogP) is 0.181. The second kappa shape index (κ2) is 7.08. The molecule has 7 heteroatoms. The van der Waals surface area contributed by atoms with Crippen LogP contribution in [0.2, 0.25) is 0 Å². The van der Waals surface area contributed by atoms with E-state index in [0.717, 1.165) is 56.1 Å². The summed E-state index contributed by atoms with van der Waals surface area (Å²) in [5.74, 6) is 1.90. The highest BCUT2D eigenvalue weighted by Crippen LogP contribution is 2.17. The van der Waals surface area contributed by atoms with Crippen molar-refractivity contribution in [2.24, 2.45) is 5.73 Å². The Hall–Kier alpha value is -0.630. The van der Waals surface area contributed by atoms with Crippen molar-refractivity contribution in [1.82, 2.24) is 19.7 Å². The minimum atomic E-state index is 0.449. The van der Waals surface area contributed by atoms with E-state index in [2.05, 4.69) is 26.6 Å². The Kier molecular flexibility index (Phi) is 5.43. The summed E-state index contributed by atoms with van der Waals surface area (Å²) in [5, 5.41) is 9.28. The summed E-state index contributed by atoms with van der Waals surface area (Å²) in [6.45, 7) is 8.27. The van der Waals surface area contributed by atoms with Crippen molar-refractivity contribution in [3.8, 4) is 0 Å². The standard InChI is InChI=1S/C11H21N5OS/c1-2-16-10(9-12)13-14-11(16)18-8-5-15-3-6-17-7-4-15/h2-9,12H2,1H3. The smallest absolute Gasteiger partial charge is 0.191 e. The molecule has 1 aromatic rings. The van der Waals surface area contributed by atoms with Crippen molar-refractivity contribution >= 4 is 11.8 Å². The van der Waals surface area contributed by atoms with Gasteiger partial charge in [0.1, 0.15) is 5.82 Å². The van der Waals surface area contributed by atoms with Crippen LogP contribution >= 0.6 is 11.8 Å². The number of morpholine rings is 1. The fourth-order valence-electron chi connectivity index (χ4n) is 1.99. The number of hydrogen-bond donors (Lipinski definition) is 1. The third kappa shape index (κ3) is 3.44. The average Bonchev–Trinajstić information content (AvgIpc) is 2.82. The summed E-state index contributed by atoms with van der Waals surface area (Å²) in [6.07, 6.45) is 0. The molecule has 0 amide bonds. The van der Waals surface area contributed by atoms with Gasteiger partial charge >= 0.3 is 0 Å². The quantitative estimate of drug-likeness (QED) is 0.745. The van der Waals surface area contributed by atoms with Crippen molar-refractivity contribution in [2.75, 3.05) is 38.6 Å². The molecule has 0 unspecified atom stereocenters. The first-order valence-corrected chi connectivity index (χ1v) is 7.38. The van der Waals surface area contributed by atoms with E-state index in [4.69, 9.17) is 10.5 Å². The van der Waals surface area contributed by atoms with Crippen LogP contribution in [0.5, 0.6) is 0 Å². The van der Waals surface area contributed by atoms with E-state index in [1.165, 1.54) is 0 Å². The van der Waals surface area contributed by atoms with Gasteiger partial charge in [0.25, 0.3) is 0 Å². The van der Waals surface area contributed by atoms with E-state index in [9.17, 15) is 0 Å². The molecule has 0 aromatic carbocycles. The summed E-state index contributed by atoms with van der Waals surface area (Å²) in [7, 11) is 0. The maximum absolute atomic E-state index is 5.63. The summed E-state index contributed by atoms with van der Waals surface area (Å²) in [6, 6.07) is 0. The number of rotatable bonds is 6. The summed E-state index contributed by atoms with van der Waals surface area (Å²) in [4.78, 5) is 2.42. The molecule has 0 aliphatic carbocycles. The van der Waals surface area contributed by atoms with Gasteiger partial charge in [-0.3, -0.25) is 4.90 Å². The SMILES string of the molecule is CCn1c(CN)nnc1SCCN1CCOCC1. The maximum atomic E-state index is 5.63. The highest BCUT2D eigenvalue weighted by atomic mass is 32.2. The number of nitrogens with two attached hydrogens (primary N) is 1. The lowest BCUT2D eigenvalue weighted by molar-refractivity contribution is 0.0410. The van der Waals surface area contributed by atoms with Gasteiger partial charge in [-0.25, -0.2) is 0 Å². The number of aromatic nitrogens is 3. The second-order valence-corrected chi connectivity index (χ2v) is 5.21. The molecule has 1 aromatic heterocycles. The van der Waals surface area contributed by atoms with Crippen LogP contribution in [-0.4, -0.2) is 58.3 Å². The van der Waals surface area contributed by atoms with Crippen molar-refractivity contribution in [1.29, 1.82) is 0 Å². The van der Waals surface area contributed by atoms with Gasteiger partial charge in [0.15, 0.2) is 5.16 Å². The fraction of sp³-hybridized carbons (Fsp3) is 0.818. The number of ether oxygens (including phenoxy) is 1. The third-order valence-corrected chi connectivity index (χ3v) is 3.98. The van der Waals surface area contributed by atoms with Crippen LogP contribution in [0.15, 0.2) is 5.16 Å². The van der Waals surface area contributed by atoms with Crippen molar-refractivity contribution in [2.45, 2.75) is 25.2 Å². The molecule has 2 heterocycles. The second-order valence-electron chi connectivity index (χ2n) is 4.15. The molecule has 6 nitrogen and oxygen atoms in total. The first-order valence-electron chi connectivity index (χ1n) is 6.40. The van der Waals surface area contributed by atoms with Crippen LogP contribution in [0.1, 0.15) is 12.7 Å². The molecule has 1 fully saturated rings. The molecule has 102 valence electrons. The van der Waals surface area contributed by atoms with Crippen molar-refractivity contribution in [3.63, 3.8) is 0 Å². The predicted molar refractivity (Wildman–Crippen MR) is 71.6 cm³/mol. The Balaban J connectivity index is 1.80. The molecule has 0 saturated carbocycles. The molecule has 1 aliphatic rings. The third-order valence-electron chi connectivity index (χ3n) is 3.03. The minimum Gasteiger partial charge on any atom is -0.379 e. The van der Waals surface area contributed by atoms with Crippen LogP contribution in [0.25, 0.3) is 0 Å². The van der Waals surface area contributed by atoms with E-state index in [1.807, 2.05) is 0 Å². The van der Waals surface area contributed by atoms with E-state index >= 15 is 0 Å². The Morgan fingerprint density at radius 1 is 1.33 bits per heavy atom. The van der Waals surface area contributed by atoms with Gasteiger partial charge in [0.05, 0.1) is 19.8 Å². The molecule has 1 saturated heterocycles. The zero-order chi connectivity index (χ0) is 12.8. The number of nitrogens with zero attached hydrogens (tertiary/aromatic N) is 4.